The average Bonchev–Trinajstić information content (AvgIpc) is 2.26. The van der Waals surface area contributed by atoms with E-state index in [9.17, 15) is 13.5 Å². The minimum absolute atomic E-state index is 0.0184. The predicted octanol–water partition coefficient (Wildman–Crippen LogP) is 1.60. The Hall–Kier alpha value is -1.13. The molecule has 5 nitrogen and oxygen atoms in total. The molecular formula is C12H15ClN2O3S. The van der Waals surface area contributed by atoms with Crippen molar-refractivity contribution < 1.29 is 13.5 Å². The molecule has 0 aliphatic heterocycles. The number of likely N-dealkylation sites (N-methyl/N-ethyl adjacent to an activating group) is 1. The third-order valence-corrected chi connectivity index (χ3v) is 4.46. The highest BCUT2D eigenvalue weighted by Gasteiger charge is 2.28. The molecule has 0 unspecified atom stereocenters. The van der Waals surface area contributed by atoms with Crippen LogP contribution in [0.1, 0.15) is 19.4 Å². The molecule has 19 heavy (non-hydrogen) atoms. The molecule has 1 N–H and O–H groups in total. The number of halogens is 1. The molecule has 1 rings (SSSR count). The Morgan fingerprint density at radius 1 is 1.47 bits per heavy atom. The fourth-order valence-electron chi connectivity index (χ4n) is 1.61. The van der Waals surface area contributed by atoms with Crippen molar-refractivity contribution in [2.75, 3.05) is 13.6 Å². The molecule has 0 spiro atoms. The molecule has 0 aliphatic rings. The molecule has 0 aromatic heterocycles. The summed E-state index contributed by atoms with van der Waals surface area (Å²) in [4.78, 5) is -0.119. The van der Waals surface area contributed by atoms with E-state index in [0.29, 0.717) is 5.02 Å². The molecule has 0 saturated carbocycles. The molecule has 7 heteroatoms. The van der Waals surface area contributed by atoms with Crippen LogP contribution < -0.4 is 0 Å². The van der Waals surface area contributed by atoms with Crippen LogP contribution in [-0.4, -0.2) is 37.0 Å². The van der Waals surface area contributed by atoms with Gasteiger partial charge < -0.3 is 5.11 Å². The first-order valence-corrected chi connectivity index (χ1v) is 7.28. The summed E-state index contributed by atoms with van der Waals surface area (Å²) in [6.45, 7) is 2.93. The molecule has 0 bridgehead atoms. The fourth-order valence-corrected chi connectivity index (χ4v) is 3.23. The lowest BCUT2D eigenvalue weighted by Crippen LogP contribution is -2.39. The number of hydrogen-bond donors (Lipinski definition) is 1. The van der Waals surface area contributed by atoms with Gasteiger partial charge in [-0.3, -0.25) is 0 Å². The third-order valence-electron chi connectivity index (χ3n) is 2.36. The quantitative estimate of drug-likeness (QED) is 0.916. The van der Waals surface area contributed by atoms with E-state index >= 15 is 0 Å². The summed E-state index contributed by atoms with van der Waals surface area (Å²) in [5.74, 6) is 0. The third kappa shape index (κ3) is 3.91. The molecule has 1 aromatic carbocycles. The summed E-state index contributed by atoms with van der Waals surface area (Å²) < 4.78 is 25.7. The van der Waals surface area contributed by atoms with E-state index in [-0.39, 0.29) is 17.0 Å². The number of aliphatic hydroxyl groups is 1. The second-order valence-corrected chi connectivity index (χ2v) is 7.28. The normalized spacial score (nSPS) is 12.5. The van der Waals surface area contributed by atoms with Crippen molar-refractivity contribution in [2.45, 2.75) is 24.3 Å². The average molecular weight is 303 g/mol. The Kier molecular flexibility index (Phi) is 4.59. The van der Waals surface area contributed by atoms with Gasteiger partial charge in [-0.25, -0.2) is 8.42 Å². The van der Waals surface area contributed by atoms with Crippen LogP contribution in [0.15, 0.2) is 23.1 Å². The maximum atomic E-state index is 12.3. The van der Waals surface area contributed by atoms with Crippen molar-refractivity contribution in [1.82, 2.24) is 4.31 Å². The molecule has 0 saturated heterocycles. The first-order chi connectivity index (χ1) is 8.58. The monoisotopic (exact) mass is 302 g/mol. The number of hydrogen-bond acceptors (Lipinski definition) is 4. The fraction of sp³-hybridized carbons (Fsp3) is 0.417. The minimum Gasteiger partial charge on any atom is -0.389 e. The summed E-state index contributed by atoms with van der Waals surface area (Å²) in [7, 11) is -2.49. The van der Waals surface area contributed by atoms with Gasteiger partial charge in [0, 0.05) is 18.6 Å². The molecule has 1 aromatic rings. The molecule has 0 fully saturated rings. The highest BCUT2D eigenvalue weighted by atomic mass is 35.5. The van der Waals surface area contributed by atoms with Crippen LogP contribution in [0.25, 0.3) is 0 Å². The molecule has 0 radical (unpaired) electrons. The Morgan fingerprint density at radius 2 is 2.05 bits per heavy atom. The minimum atomic E-state index is -3.84. The summed E-state index contributed by atoms with van der Waals surface area (Å²) >= 11 is 5.73. The largest absolute Gasteiger partial charge is 0.389 e. The maximum Gasteiger partial charge on any atom is 0.244 e. The summed E-state index contributed by atoms with van der Waals surface area (Å²) in [6, 6.07) is 5.80. The molecule has 0 atom stereocenters. The van der Waals surface area contributed by atoms with Gasteiger partial charge in [0.25, 0.3) is 0 Å². The van der Waals surface area contributed by atoms with Crippen LogP contribution in [0, 0.1) is 11.3 Å². The van der Waals surface area contributed by atoms with E-state index in [1.165, 1.54) is 39.1 Å². The smallest absolute Gasteiger partial charge is 0.244 e. The van der Waals surface area contributed by atoms with Crippen molar-refractivity contribution in [1.29, 1.82) is 5.26 Å². The highest BCUT2D eigenvalue weighted by molar-refractivity contribution is 7.89. The van der Waals surface area contributed by atoms with E-state index in [2.05, 4.69) is 0 Å². The van der Waals surface area contributed by atoms with Crippen LogP contribution >= 0.6 is 11.6 Å². The van der Waals surface area contributed by atoms with Gasteiger partial charge in [0.2, 0.25) is 10.0 Å². The van der Waals surface area contributed by atoms with Crippen LogP contribution in [0.4, 0.5) is 0 Å². The Morgan fingerprint density at radius 3 is 2.53 bits per heavy atom. The van der Waals surface area contributed by atoms with Gasteiger partial charge in [-0.15, -0.1) is 0 Å². The second-order valence-electron chi connectivity index (χ2n) is 4.83. The lowest BCUT2D eigenvalue weighted by Gasteiger charge is -2.25. The first kappa shape index (κ1) is 15.9. The van der Waals surface area contributed by atoms with Crippen molar-refractivity contribution in [2.24, 2.45) is 0 Å². The van der Waals surface area contributed by atoms with E-state index in [1.54, 1.807) is 0 Å². The zero-order valence-corrected chi connectivity index (χ0v) is 12.5. The Balaban J connectivity index is 3.25. The van der Waals surface area contributed by atoms with Gasteiger partial charge in [0.15, 0.2) is 0 Å². The molecule has 0 aliphatic carbocycles. The van der Waals surface area contributed by atoms with Crippen LogP contribution in [0.2, 0.25) is 5.02 Å². The zero-order chi connectivity index (χ0) is 14.8. The number of nitrogens with zero attached hydrogens (tertiary/aromatic N) is 2. The summed E-state index contributed by atoms with van der Waals surface area (Å²) in [6.07, 6.45) is 0. The van der Waals surface area contributed by atoms with Crippen LogP contribution in [-0.2, 0) is 10.0 Å². The van der Waals surface area contributed by atoms with Crippen molar-refractivity contribution >= 4 is 21.6 Å². The van der Waals surface area contributed by atoms with Crippen LogP contribution in [0.5, 0.6) is 0 Å². The van der Waals surface area contributed by atoms with Crippen LogP contribution in [0.3, 0.4) is 0 Å². The van der Waals surface area contributed by atoms with Gasteiger partial charge in [-0.05, 0) is 32.0 Å². The zero-order valence-electron chi connectivity index (χ0n) is 10.9. The van der Waals surface area contributed by atoms with Gasteiger partial charge in [-0.1, -0.05) is 11.6 Å². The number of benzene rings is 1. The first-order valence-electron chi connectivity index (χ1n) is 5.46. The lowest BCUT2D eigenvalue weighted by molar-refractivity contribution is 0.0640. The van der Waals surface area contributed by atoms with Gasteiger partial charge >= 0.3 is 0 Å². The highest BCUT2D eigenvalue weighted by Crippen LogP contribution is 2.23. The summed E-state index contributed by atoms with van der Waals surface area (Å²) in [5.41, 5.74) is -1.18. The predicted molar refractivity (Wildman–Crippen MR) is 72.3 cm³/mol. The Labute approximate surface area is 118 Å². The van der Waals surface area contributed by atoms with E-state index in [0.717, 1.165) is 4.31 Å². The number of rotatable bonds is 4. The van der Waals surface area contributed by atoms with Gasteiger partial charge in [0.1, 0.15) is 11.0 Å². The van der Waals surface area contributed by atoms with Crippen molar-refractivity contribution in [3.63, 3.8) is 0 Å². The second kappa shape index (κ2) is 5.47. The number of sulfonamides is 1. The number of nitriles is 1. The lowest BCUT2D eigenvalue weighted by atomic mass is 10.1. The SMILES string of the molecule is CN(CC(C)(C)O)S(=O)(=O)c1ccc(Cl)cc1C#N. The topological polar surface area (TPSA) is 81.4 Å². The van der Waals surface area contributed by atoms with Crippen molar-refractivity contribution in [3.05, 3.63) is 28.8 Å². The van der Waals surface area contributed by atoms with Crippen molar-refractivity contribution in [3.8, 4) is 6.07 Å². The maximum absolute atomic E-state index is 12.3. The molecule has 0 amide bonds. The van der Waals surface area contributed by atoms with Gasteiger partial charge in [-0.2, -0.15) is 9.57 Å². The molecule has 104 valence electrons. The standard InChI is InChI=1S/C12H15ClN2O3S/c1-12(2,16)8-15(3)19(17,18)11-5-4-10(13)6-9(11)7-14/h4-6,16H,8H2,1-3H3. The summed E-state index contributed by atoms with van der Waals surface area (Å²) in [5, 5.41) is 18.9. The van der Waals surface area contributed by atoms with Gasteiger partial charge in [0.05, 0.1) is 11.2 Å². The van der Waals surface area contributed by atoms with E-state index in [1.807, 2.05) is 6.07 Å². The molecule has 0 heterocycles. The van der Waals surface area contributed by atoms with E-state index < -0.39 is 15.6 Å². The Bertz CT molecular complexity index is 615. The molecular weight excluding hydrogens is 288 g/mol. The van der Waals surface area contributed by atoms with E-state index in [4.69, 9.17) is 16.9 Å².